The Hall–Kier alpha value is -2.88. The SMILES string of the molecule is Cc1ccccc1C(=O)NCc1cc(=O)oc2c(C)c(C)ccc12. The van der Waals surface area contributed by atoms with Crippen molar-refractivity contribution >= 4 is 16.9 Å². The van der Waals surface area contributed by atoms with Crippen LogP contribution < -0.4 is 10.9 Å². The van der Waals surface area contributed by atoms with E-state index in [1.165, 1.54) is 6.07 Å². The van der Waals surface area contributed by atoms with Crippen LogP contribution in [-0.4, -0.2) is 5.91 Å². The molecule has 3 aromatic rings. The van der Waals surface area contributed by atoms with E-state index in [9.17, 15) is 9.59 Å². The molecule has 0 saturated heterocycles. The van der Waals surface area contributed by atoms with Crippen LogP contribution in [0.3, 0.4) is 0 Å². The summed E-state index contributed by atoms with van der Waals surface area (Å²) in [5.41, 5.74) is 4.49. The van der Waals surface area contributed by atoms with Gasteiger partial charge in [0.1, 0.15) is 5.58 Å². The summed E-state index contributed by atoms with van der Waals surface area (Å²) >= 11 is 0. The Morgan fingerprint density at radius 1 is 1.04 bits per heavy atom. The summed E-state index contributed by atoms with van der Waals surface area (Å²) in [5.74, 6) is -0.154. The lowest BCUT2D eigenvalue weighted by atomic mass is 10.0. The van der Waals surface area contributed by atoms with Crippen LogP contribution in [-0.2, 0) is 6.54 Å². The Kier molecular flexibility index (Phi) is 4.21. The molecule has 4 heteroatoms. The summed E-state index contributed by atoms with van der Waals surface area (Å²) < 4.78 is 5.36. The Bertz CT molecular complexity index is 986. The molecule has 0 aliphatic heterocycles. The van der Waals surface area contributed by atoms with E-state index in [4.69, 9.17) is 4.42 Å². The highest BCUT2D eigenvalue weighted by molar-refractivity contribution is 5.95. The number of benzene rings is 2. The van der Waals surface area contributed by atoms with Crippen LogP contribution in [0.2, 0.25) is 0 Å². The average Bonchev–Trinajstić information content (AvgIpc) is 2.56. The fourth-order valence-electron chi connectivity index (χ4n) is 2.77. The minimum atomic E-state index is -0.406. The predicted octanol–water partition coefficient (Wildman–Crippen LogP) is 3.65. The average molecular weight is 321 g/mol. The summed E-state index contributed by atoms with van der Waals surface area (Å²) in [6, 6.07) is 12.8. The summed E-state index contributed by atoms with van der Waals surface area (Å²) in [4.78, 5) is 24.2. The molecule has 0 unspecified atom stereocenters. The predicted molar refractivity (Wildman–Crippen MR) is 94.3 cm³/mol. The highest BCUT2D eigenvalue weighted by Crippen LogP contribution is 2.23. The Morgan fingerprint density at radius 2 is 1.79 bits per heavy atom. The summed E-state index contributed by atoms with van der Waals surface area (Å²) in [6.07, 6.45) is 0. The molecule has 0 aliphatic carbocycles. The van der Waals surface area contributed by atoms with Gasteiger partial charge in [0.2, 0.25) is 0 Å². The third kappa shape index (κ3) is 2.95. The zero-order valence-electron chi connectivity index (χ0n) is 14.0. The second-order valence-electron chi connectivity index (χ2n) is 5.97. The monoisotopic (exact) mass is 321 g/mol. The molecule has 1 amide bonds. The van der Waals surface area contributed by atoms with E-state index in [1.807, 2.05) is 51.1 Å². The van der Waals surface area contributed by atoms with Gasteiger partial charge in [-0.1, -0.05) is 30.3 Å². The van der Waals surface area contributed by atoms with Gasteiger partial charge in [0.05, 0.1) is 0 Å². The van der Waals surface area contributed by atoms with E-state index < -0.39 is 5.63 Å². The lowest BCUT2D eigenvalue weighted by Gasteiger charge is -2.11. The van der Waals surface area contributed by atoms with Gasteiger partial charge >= 0.3 is 5.63 Å². The second kappa shape index (κ2) is 6.32. The first-order chi connectivity index (χ1) is 11.5. The number of fused-ring (bicyclic) bond motifs is 1. The van der Waals surface area contributed by atoms with Crippen LogP contribution in [0.5, 0.6) is 0 Å². The maximum Gasteiger partial charge on any atom is 0.336 e. The first kappa shape index (κ1) is 16.0. The molecule has 1 aromatic heterocycles. The van der Waals surface area contributed by atoms with Crippen molar-refractivity contribution in [3.63, 3.8) is 0 Å². The minimum Gasteiger partial charge on any atom is -0.422 e. The van der Waals surface area contributed by atoms with Crippen LogP contribution in [0.15, 0.2) is 51.7 Å². The van der Waals surface area contributed by atoms with E-state index in [0.29, 0.717) is 11.1 Å². The quantitative estimate of drug-likeness (QED) is 0.749. The van der Waals surface area contributed by atoms with E-state index >= 15 is 0 Å². The molecule has 2 aromatic carbocycles. The number of carbonyl (C=O) groups excluding carboxylic acids is 1. The standard InChI is InChI=1S/C20H19NO3/c1-12-8-9-17-15(10-18(22)24-19(17)14(12)3)11-21-20(23)16-7-5-4-6-13(16)2/h4-10H,11H2,1-3H3,(H,21,23). The third-order valence-electron chi connectivity index (χ3n) is 4.35. The Morgan fingerprint density at radius 3 is 2.54 bits per heavy atom. The molecule has 0 bridgehead atoms. The highest BCUT2D eigenvalue weighted by Gasteiger charge is 2.12. The molecule has 0 radical (unpaired) electrons. The van der Waals surface area contributed by atoms with Gasteiger partial charge in [-0.25, -0.2) is 4.79 Å². The largest absolute Gasteiger partial charge is 0.422 e. The highest BCUT2D eigenvalue weighted by atomic mass is 16.4. The van der Waals surface area contributed by atoms with Crippen LogP contribution in [0, 0.1) is 20.8 Å². The molecule has 0 fully saturated rings. The Labute approximate surface area is 140 Å². The van der Waals surface area contributed by atoms with E-state index in [0.717, 1.165) is 27.6 Å². The minimum absolute atomic E-state index is 0.154. The topological polar surface area (TPSA) is 59.3 Å². The van der Waals surface area contributed by atoms with Crippen molar-refractivity contribution < 1.29 is 9.21 Å². The van der Waals surface area contributed by atoms with Crippen molar-refractivity contribution in [3.8, 4) is 0 Å². The van der Waals surface area contributed by atoms with Crippen molar-refractivity contribution in [2.75, 3.05) is 0 Å². The maximum atomic E-state index is 12.4. The lowest BCUT2D eigenvalue weighted by molar-refractivity contribution is 0.0950. The first-order valence-electron chi connectivity index (χ1n) is 7.84. The zero-order chi connectivity index (χ0) is 17.3. The van der Waals surface area contributed by atoms with Crippen molar-refractivity contribution in [1.82, 2.24) is 5.32 Å². The van der Waals surface area contributed by atoms with Gasteiger partial charge in [-0.3, -0.25) is 4.79 Å². The second-order valence-corrected chi connectivity index (χ2v) is 5.97. The first-order valence-corrected chi connectivity index (χ1v) is 7.84. The van der Waals surface area contributed by atoms with Crippen molar-refractivity contribution in [2.45, 2.75) is 27.3 Å². The van der Waals surface area contributed by atoms with Gasteiger partial charge in [0.15, 0.2) is 0 Å². The molecule has 1 N–H and O–H groups in total. The van der Waals surface area contributed by atoms with Crippen LogP contribution >= 0.6 is 0 Å². The van der Waals surface area contributed by atoms with Crippen molar-refractivity contribution in [3.05, 3.63) is 80.7 Å². The number of hydrogen-bond acceptors (Lipinski definition) is 3. The molecule has 1 heterocycles. The van der Waals surface area contributed by atoms with Gasteiger partial charge in [-0.15, -0.1) is 0 Å². The van der Waals surface area contributed by atoms with Gasteiger partial charge in [0, 0.05) is 23.6 Å². The Balaban J connectivity index is 1.94. The third-order valence-corrected chi connectivity index (χ3v) is 4.35. The summed E-state index contributed by atoms with van der Waals surface area (Å²) in [6.45, 7) is 6.07. The van der Waals surface area contributed by atoms with Crippen molar-refractivity contribution in [1.29, 1.82) is 0 Å². The molecule has 0 atom stereocenters. The number of amides is 1. The van der Waals surface area contributed by atoms with Crippen molar-refractivity contribution in [2.24, 2.45) is 0 Å². The normalized spacial score (nSPS) is 10.8. The summed E-state index contributed by atoms with van der Waals surface area (Å²) in [5, 5.41) is 3.74. The number of rotatable bonds is 3. The van der Waals surface area contributed by atoms with E-state index in [2.05, 4.69) is 5.32 Å². The molecule has 24 heavy (non-hydrogen) atoms. The van der Waals surface area contributed by atoms with Crippen LogP contribution in [0.1, 0.15) is 32.6 Å². The maximum absolute atomic E-state index is 12.4. The molecule has 0 saturated carbocycles. The lowest BCUT2D eigenvalue weighted by Crippen LogP contribution is -2.24. The molecular weight excluding hydrogens is 302 g/mol. The number of carbonyl (C=O) groups is 1. The summed E-state index contributed by atoms with van der Waals surface area (Å²) in [7, 11) is 0. The molecular formula is C20H19NO3. The molecule has 122 valence electrons. The van der Waals surface area contributed by atoms with Gasteiger partial charge in [-0.2, -0.15) is 0 Å². The molecule has 0 aliphatic rings. The van der Waals surface area contributed by atoms with E-state index in [1.54, 1.807) is 6.07 Å². The van der Waals surface area contributed by atoms with Gasteiger partial charge < -0.3 is 9.73 Å². The van der Waals surface area contributed by atoms with Crippen LogP contribution in [0.4, 0.5) is 0 Å². The van der Waals surface area contributed by atoms with E-state index in [-0.39, 0.29) is 12.5 Å². The fraction of sp³-hybridized carbons (Fsp3) is 0.200. The smallest absolute Gasteiger partial charge is 0.336 e. The molecule has 3 rings (SSSR count). The van der Waals surface area contributed by atoms with Gasteiger partial charge in [-0.05, 0) is 49.1 Å². The van der Waals surface area contributed by atoms with Crippen LogP contribution in [0.25, 0.3) is 11.0 Å². The van der Waals surface area contributed by atoms with Gasteiger partial charge in [0.25, 0.3) is 5.91 Å². The zero-order valence-corrected chi connectivity index (χ0v) is 14.0. The molecule has 0 spiro atoms. The number of nitrogens with one attached hydrogen (secondary N) is 1. The fourth-order valence-corrected chi connectivity index (χ4v) is 2.77. The molecule has 4 nitrogen and oxygen atoms in total. The number of aryl methyl sites for hydroxylation is 3. The number of hydrogen-bond donors (Lipinski definition) is 1.